The normalized spacial score (nSPS) is 21.3. The van der Waals surface area contributed by atoms with Crippen LogP contribution in [0.1, 0.15) is 27.2 Å². The summed E-state index contributed by atoms with van der Waals surface area (Å²) in [6.07, 6.45) is -0.742. The first-order valence-electron chi connectivity index (χ1n) is 8.77. The van der Waals surface area contributed by atoms with E-state index in [1.54, 1.807) is 32.0 Å². The molecule has 0 aromatic heterocycles. The van der Waals surface area contributed by atoms with E-state index in [0.717, 1.165) is 4.90 Å². The van der Waals surface area contributed by atoms with E-state index >= 15 is 0 Å². The van der Waals surface area contributed by atoms with Crippen molar-refractivity contribution in [2.75, 3.05) is 18.7 Å². The SMILES string of the molecule is CC[C@@]1(C)NC(=O)N(CC(=O)O[C@@H](C)C(=O)Nc2ccc3c(c2)OCO3)C1=O. The van der Waals surface area contributed by atoms with Crippen LogP contribution in [0, 0.1) is 0 Å². The fourth-order valence-electron chi connectivity index (χ4n) is 2.77. The minimum atomic E-state index is -1.13. The Morgan fingerprint density at radius 1 is 1.32 bits per heavy atom. The number of anilines is 1. The standard InChI is InChI=1S/C18H21N3O7/c1-4-18(3)16(24)21(17(25)20-18)8-14(22)28-10(2)15(23)19-11-5-6-12-13(7-11)27-9-26-12/h5-7,10H,4,8-9H2,1-3H3,(H,19,23)(H,20,25)/t10-,18+/m0/s1. The quantitative estimate of drug-likeness (QED) is 0.548. The van der Waals surface area contributed by atoms with Crippen LogP contribution in [-0.2, 0) is 19.1 Å². The van der Waals surface area contributed by atoms with Gasteiger partial charge in [0.1, 0.15) is 12.1 Å². The maximum atomic E-state index is 12.3. The maximum absolute atomic E-state index is 12.3. The molecule has 1 aromatic carbocycles. The highest BCUT2D eigenvalue weighted by atomic mass is 16.7. The summed E-state index contributed by atoms with van der Waals surface area (Å²) in [5, 5.41) is 5.14. The van der Waals surface area contributed by atoms with Gasteiger partial charge in [-0.3, -0.25) is 19.3 Å². The number of imide groups is 1. The van der Waals surface area contributed by atoms with Gasteiger partial charge in [-0.1, -0.05) is 6.92 Å². The fourth-order valence-corrected chi connectivity index (χ4v) is 2.77. The smallest absolute Gasteiger partial charge is 0.327 e. The van der Waals surface area contributed by atoms with E-state index in [4.69, 9.17) is 14.2 Å². The third-order valence-electron chi connectivity index (χ3n) is 4.66. The van der Waals surface area contributed by atoms with Crippen LogP contribution in [0.5, 0.6) is 11.5 Å². The lowest BCUT2D eigenvalue weighted by Crippen LogP contribution is -2.44. The summed E-state index contributed by atoms with van der Waals surface area (Å²) in [4.78, 5) is 49.4. The second kappa shape index (κ2) is 7.37. The van der Waals surface area contributed by atoms with Crippen LogP contribution >= 0.6 is 0 Å². The topological polar surface area (TPSA) is 123 Å². The number of hydrogen-bond donors (Lipinski definition) is 2. The van der Waals surface area contributed by atoms with Gasteiger partial charge in [0.25, 0.3) is 11.8 Å². The summed E-state index contributed by atoms with van der Waals surface area (Å²) in [5.74, 6) is -0.862. The number of nitrogens with one attached hydrogen (secondary N) is 2. The zero-order valence-electron chi connectivity index (χ0n) is 15.7. The molecule has 28 heavy (non-hydrogen) atoms. The molecule has 0 aliphatic carbocycles. The lowest BCUT2D eigenvalue weighted by molar-refractivity contribution is -0.155. The van der Waals surface area contributed by atoms with Gasteiger partial charge in [-0.25, -0.2) is 4.79 Å². The molecule has 2 aliphatic rings. The summed E-state index contributed by atoms with van der Waals surface area (Å²) < 4.78 is 15.5. The van der Waals surface area contributed by atoms with Crippen LogP contribution in [0.2, 0.25) is 0 Å². The van der Waals surface area contributed by atoms with Gasteiger partial charge in [-0.05, 0) is 32.4 Å². The zero-order chi connectivity index (χ0) is 20.5. The average molecular weight is 391 g/mol. The van der Waals surface area contributed by atoms with Crippen molar-refractivity contribution < 1.29 is 33.4 Å². The van der Waals surface area contributed by atoms with E-state index in [1.807, 2.05) is 0 Å². The molecule has 2 N–H and O–H groups in total. The Hall–Kier alpha value is -3.30. The molecule has 10 heteroatoms. The molecule has 150 valence electrons. The number of carbonyl (C=O) groups is 4. The summed E-state index contributed by atoms with van der Waals surface area (Å²) in [7, 11) is 0. The molecule has 2 atom stereocenters. The number of hydrogen-bond acceptors (Lipinski definition) is 7. The number of amides is 4. The summed E-state index contributed by atoms with van der Waals surface area (Å²) >= 11 is 0. The number of esters is 1. The lowest BCUT2D eigenvalue weighted by atomic mass is 9.99. The molecule has 3 rings (SSSR count). The highest BCUT2D eigenvalue weighted by Crippen LogP contribution is 2.34. The second-order valence-corrected chi connectivity index (χ2v) is 6.70. The first-order chi connectivity index (χ1) is 13.2. The van der Waals surface area contributed by atoms with E-state index in [9.17, 15) is 19.2 Å². The minimum absolute atomic E-state index is 0.112. The molecular weight excluding hydrogens is 370 g/mol. The summed E-state index contributed by atoms with van der Waals surface area (Å²) in [6, 6.07) is 4.20. The van der Waals surface area contributed by atoms with Crippen LogP contribution in [0.4, 0.5) is 10.5 Å². The Morgan fingerprint density at radius 3 is 2.71 bits per heavy atom. The van der Waals surface area contributed by atoms with Gasteiger partial charge >= 0.3 is 12.0 Å². The maximum Gasteiger partial charge on any atom is 0.327 e. The molecular formula is C18H21N3O7. The van der Waals surface area contributed by atoms with E-state index in [1.165, 1.54) is 6.92 Å². The molecule has 0 unspecified atom stereocenters. The molecule has 0 bridgehead atoms. The third kappa shape index (κ3) is 3.71. The molecule has 2 aliphatic heterocycles. The molecule has 1 aromatic rings. The molecule has 1 fully saturated rings. The Bertz CT molecular complexity index is 840. The highest BCUT2D eigenvalue weighted by Gasteiger charge is 2.47. The van der Waals surface area contributed by atoms with E-state index in [2.05, 4.69) is 10.6 Å². The van der Waals surface area contributed by atoms with Gasteiger partial charge in [0.05, 0.1) is 0 Å². The largest absolute Gasteiger partial charge is 0.454 e. The first-order valence-corrected chi connectivity index (χ1v) is 8.77. The van der Waals surface area contributed by atoms with Crippen LogP contribution in [0.15, 0.2) is 18.2 Å². The Kier molecular flexibility index (Phi) is 5.12. The summed E-state index contributed by atoms with van der Waals surface area (Å²) in [6.45, 7) is 4.27. The number of benzene rings is 1. The van der Waals surface area contributed by atoms with E-state index in [-0.39, 0.29) is 6.79 Å². The molecule has 0 radical (unpaired) electrons. The number of rotatable bonds is 6. The van der Waals surface area contributed by atoms with Crippen molar-refractivity contribution in [2.45, 2.75) is 38.8 Å². The highest BCUT2D eigenvalue weighted by molar-refractivity contribution is 6.08. The Balaban J connectivity index is 1.54. The number of carbonyl (C=O) groups excluding carboxylic acids is 4. The number of ether oxygens (including phenoxy) is 3. The Labute approximate surface area is 161 Å². The van der Waals surface area contributed by atoms with Crippen molar-refractivity contribution in [3.63, 3.8) is 0 Å². The lowest BCUT2D eigenvalue weighted by Gasteiger charge is -2.19. The predicted molar refractivity (Wildman–Crippen MR) is 95.7 cm³/mol. The monoisotopic (exact) mass is 391 g/mol. The van der Waals surface area contributed by atoms with Gasteiger partial charge in [-0.2, -0.15) is 0 Å². The molecule has 1 saturated heterocycles. The fraction of sp³-hybridized carbons (Fsp3) is 0.444. The van der Waals surface area contributed by atoms with Crippen molar-refractivity contribution in [1.82, 2.24) is 10.2 Å². The molecule has 4 amide bonds. The van der Waals surface area contributed by atoms with Gasteiger partial charge in [-0.15, -0.1) is 0 Å². The first kappa shape index (κ1) is 19.5. The van der Waals surface area contributed by atoms with Crippen LogP contribution in [0.3, 0.4) is 0 Å². The summed E-state index contributed by atoms with van der Waals surface area (Å²) in [5.41, 5.74) is -0.593. The zero-order valence-corrected chi connectivity index (χ0v) is 15.7. The molecule has 2 heterocycles. The van der Waals surface area contributed by atoms with Gasteiger partial charge in [0.15, 0.2) is 17.6 Å². The van der Waals surface area contributed by atoms with Crippen molar-refractivity contribution in [3.8, 4) is 11.5 Å². The Morgan fingerprint density at radius 2 is 2.04 bits per heavy atom. The van der Waals surface area contributed by atoms with Crippen molar-refractivity contribution in [2.24, 2.45) is 0 Å². The van der Waals surface area contributed by atoms with Gasteiger partial charge < -0.3 is 24.8 Å². The van der Waals surface area contributed by atoms with Gasteiger partial charge in [0, 0.05) is 11.8 Å². The molecule has 0 saturated carbocycles. The van der Waals surface area contributed by atoms with Crippen LogP contribution < -0.4 is 20.1 Å². The van der Waals surface area contributed by atoms with E-state index in [0.29, 0.717) is 23.6 Å². The van der Waals surface area contributed by atoms with Crippen molar-refractivity contribution in [1.29, 1.82) is 0 Å². The number of fused-ring (bicyclic) bond motifs is 1. The number of nitrogens with zero attached hydrogens (tertiary/aromatic N) is 1. The third-order valence-corrected chi connectivity index (χ3v) is 4.66. The molecule has 0 spiro atoms. The minimum Gasteiger partial charge on any atom is -0.454 e. The van der Waals surface area contributed by atoms with Crippen molar-refractivity contribution in [3.05, 3.63) is 18.2 Å². The van der Waals surface area contributed by atoms with Crippen molar-refractivity contribution >= 4 is 29.5 Å². The van der Waals surface area contributed by atoms with Gasteiger partial charge in [0.2, 0.25) is 6.79 Å². The molecule has 10 nitrogen and oxygen atoms in total. The number of urea groups is 1. The average Bonchev–Trinajstić information content (AvgIpc) is 3.20. The predicted octanol–water partition coefficient (Wildman–Crippen LogP) is 1.01. The van der Waals surface area contributed by atoms with Crippen LogP contribution in [-0.4, -0.2) is 53.7 Å². The second-order valence-electron chi connectivity index (χ2n) is 6.70. The van der Waals surface area contributed by atoms with Crippen LogP contribution in [0.25, 0.3) is 0 Å². The van der Waals surface area contributed by atoms with E-state index < -0.39 is 42.0 Å².